The fourth-order valence-electron chi connectivity index (χ4n) is 1.44. The summed E-state index contributed by atoms with van der Waals surface area (Å²) in [4.78, 5) is 0. The third-order valence-electron chi connectivity index (χ3n) is 2.33. The van der Waals surface area contributed by atoms with E-state index in [9.17, 15) is 5.21 Å². The number of rotatable bonds is 0. The Bertz CT molecular complexity index is 390. The molecule has 2 rings (SSSR count). The lowest BCUT2D eigenvalue weighted by atomic mass is 10.2. The van der Waals surface area contributed by atoms with Crippen molar-refractivity contribution in [2.75, 3.05) is 0 Å². The van der Waals surface area contributed by atoms with Gasteiger partial charge in [0.15, 0.2) is 0 Å². The van der Waals surface area contributed by atoms with Crippen LogP contribution >= 0.6 is 0 Å². The summed E-state index contributed by atoms with van der Waals surface area (Å²) in [5.74, 6) is 0. The molecule has 0 spiro atoms. The van der Waals surface area contributed by atoms with Crippen LogP contribution in [0.1, 0.15) is 11.3 Å². The van der Waals surface area contributed by atoms with Gasteiger partial charge in [-0.25, -0.2) is 0 Å². The van der Waals surface area contributed by atoms with Gasteiger partial charge in [0.1, 0.15) is 0 Å². The van der Waals surface area contributed by atoms with Crippen molar-refractivity contribution in [3.05, 3.63) is 35.5 Å². The molecule has 1 aromatic carbocycles. The number of hydrogen-bond acceptors (Lipinski definition) is 1. The van der Waals surface area contributed by atoms with Crippen molar-refractivity contribution in [2.45, 2.75) is 13.8 Å². The molecule has 0 aliphatic heterocycles. The van der Waals surface area contributed by atoms with Gasteiger partial charge in [0.2, 0.25) is 0 Å². The summed E-state index contributed by atoms with van der Waals surface area (Å²) < 4.78 is 1.22. The third kappa shape index (κ3) is 0.749. The number of aryl methyl sites for hydroxylation is 1. The lowest BCUT2D eigenvalue weighted by Gasteiger charge is -1.95. The first-order valence-electron chi connectivity index (χ1n) is 3.89. The van der Waals surface area contributed by atoms with Crippen molar-refractivity contribution in [2.24, 2.45) is 0 Å². The quantitative estimate of drug-likeness (QED) is 0.588. The minimum Gasteiger partial charge on any atom is -0.428 e. The smallest absolute Gasteiger partial charge is 0.0871 e. The highest BCUT2D eigenvalue weighted by Crippen LogP contribution is 2.22. The molecular weight excluding hydrogens is 150 g/mol. The molecule has 0 atom stereocenters. The van der Waals surface area contributed by atoms with Crippen LogP contribution in [0.3, 0.4) is 0 Å². The Kier molecular flexibility index (Phi) is 1.37. The van der Waals surface area contributed by atoms with Crippen LogP contribution in [-0.4, -0.2) is 9.94 Å². The molecule has 1 aromatic heterocycles. The van der Waals surface area contributed by atoms with Crippen molar-refractivity contribution in [3.63, 3.8) is 0 Å². The van der Waals surface area contributed by atoms with Crippen LogP contribution in [-0.2, 0) is 0 Å². The van der Waals surface area contributed by atoms with Crippen molar-refractivity contribution in [1.29, 1.82) is 0 Å². The van der Waals surface area contributed by atoms with Crippen LogP contribution in [0, 0.1) is 19.9 Å². The summed E-state index contributed by atoms with van der Waals surface area (Å²) in [5, 5.41) is 10.6. The largest absolute Gasteiger partial charge is 0.428 e. The summed E-state index contributed by atoms with van der Waals surface area (Å²) in [6.07, 6.45) is 0. The average molecular weight is 160 g/mol. The molecule has 2 heteroatoms. The van der Waals surface area contributed by atoms with E-state index < -0.39 is 0 Å². The van der Waals surface area contributed by atoms with E-state index in [1.54, 1.807) is 6.07 Å². The molecule has 0 amide bonds. The molecule has 0 fully saturated rings. The third-order valence-corrected chi connectivity index (χ3v) is 2.33. The van der Waals surface area contributed by atoms with Crippen LogP contribution in [0.15, 0.2) is 18.2 Å². The first kappa shape index (κ1) is 7.22. The SMILES string of the molecule is Cc1c(C)n(O)c2cc[c]cc12. The van der Waals surface area contributed by atoms with Crippen LogP contribution in [0.5, 0.6) is 0 Å². The maximum absolute atomic E-state index is 9.58. The van der Waals surface area contributed by atoms with Gasteiger partial charge in [0.25, 0.3) is 0 Å². The standard InChI is InChI=1S/C10H10NO/c1-7-8(2)11(12)10-6-4-3-5-9(7)10/h4-6,12H,1-2H3. The Balaban J connectivity index is 2.99. The van der Waals surface area contributed by atoms with Gasteiger partial charge in [0, 0.05) is 5.39 Å². The molecule has 0 bridgehead atoms. The fraction of sp³-hybridized carbons (Fsp3) is 0.200. The van der Waals surface area contributed by atoms with Crippen LogP contribution in [0.2, 0.25) is 0 Å². The van der Waals surface area contributed by atoms with Gasteiger partial charge in [-0.1, -0.05) is 6.07 Å². The van der Waals surface area contributed by atoms with Crippen molar-refractivity contribution in [3.8, 4) is 0 Å². The summed E-state index contributed by atoms with van der Waals surface area (Å²) >= 11 is 0. The fourth-order valence-corrected chi connectivity index (χ4v) is 1.44. The van der Waals surface area contributed by atoms with E-state index in [2.05, 4.69) is 6.07 Å². The van der Waals surface area contributed by atoms with Gasteiger partial charge in [0.05, 0.1) is 11.2 Å². The average Bonchev–Trinajstić information content (AvgIpc) is 2.33. The van der Waals surface area contributed by atoms with E-state index in [0.717, 1.165) is 22.2 Å². The lowest BCUT2D eigenvalue weighted by Crippen LogP contribution is -1.91. The van der Waals surface area contributed by atoms with Crippen molar-refractivity contribution >= 4 is 10.9 Å². The number of nitrogens with zero attached hydrogens (tertiary/aromatic N) is 1. The Hall–Kier alpha value is -1.44. The maximum atomic E-state index is 9.58. The second-order valence-corrected chi connectivity index (χ2v) is 2.97. The molecule has 61 valence electrons. The number of fused-ring (bicyclic) bond motifs is 1. The molecule has 1 heterocycles. The molecule has 2 aromatic rings. The molecule has 1 radical (unpaired) electrons. The highest BCUT2D eigenvalue weighted by atomic mass is 16.5. The van der Waals surface area contributed by atoms with E-state index in [1.165, 1.54) is 4.73 Å². The van der Waals surface area contributed by atoms with Crippen LogP contribution in [0.25, 0.3) is 10.9 Å². The number of aromatic nitrogens is 1. The van der Waals surface area contributed by atoms with Gasteiger partial charge in [-0.2, -0.15) is 4.73 Å². The van der Waals surface area contributed by atoms with Gasteiger partial charge in [-0.3, -0.25) is 0 Å². The molecule has 0 aliphatic rings. The predicted molar refractivity (Wildman–Crippen MR) is 47.4 cm³/mol. The van der Waals surface area contributed by atoms with Gasteiger partial charge in [-0.15, -0.1) is 0 Å². The monoisotopic (exact) mass is 160 g/mol. The molecule has 2 nitrogen and oxygen atoms in total. The zero-order valence-corrected chi connectivity index (χ0v) is 7.13. The second kappa shape index (κ2) is 2.27. The van der Waals surface area contributed by atoms with Gasteiger partial charge in [-0.05, 0) is 37.6 Å². The Labute approximate surface area is 71.0 Å². The minimum absolute atomic E-state index is 0.851. The molecule has 1 N–H and O–H groups in total. The van der Waals surface area contributed by atoms with Crippen LogP contribution < -0.4 is 0 Å². The molecule has 12 heavy (non-hydrogen) atoms. The summed E-state index contributed by atoms with van der Waals surface area (Å²) in [6.45, 7) is 3.90. The normalized spacial score (nSPS) is 10.8. The minimum atomic E-state index is 0.851. The van der Waals surface area contributed by atoms with E-state index in [4.69, 9.17) is 0 Å². The summed E-state index contributed by atoms with van der Waals surface area (Å²) in [5.41, 5.74) is 2.86. The van der Waals surface area contributed by atoms with E-state index >= 15 is 0 Å². The van der Waals surface area contributed by atoms with E-state index in [1.807, 2.05) is 26.0 Å². The lowest BCUT2D eigenvalue weighted by molar-refractivity contribution is 0.193. The maximum Gasteiger partial charge on any atom is 0.0871 e. The van der Waals surface area contributed by atoms with Gasteiger partial charge < -0.3 is 5.21 Å². The zero-order valence-electron chi connectivity index (χ0n) is 7.13. The Morgan fingerprint density at radius 1 is 1.42 bits per heavy atom. The second-order valence-electron chi connectivity index (χ2n) is 2.97. The summed E-state index contributed by atoms with van der Waals surface area (Å²) in [7, 11) is 0. The first-order valence-corrected chi connectivity index (χ1v) is 3.89. The van der Waals surface area contributed by atoms with Crippen molar-refractivity contribution in [1.82, 2.24) is 4.73 Å². The summed E-state index contributed by atoms with van der Waals surface area (Å²) in [6, 6.07) is 8.54. The van der Waals surface area contributed by atoms with E-state index in [-0.39, 0.29) is 0 Å². The van der Waals surface area contributed by atoms with Crippen molar-refractivity contribution < 1.29 is 5.21 Å². The highest BCUT2D eigenvalue weighted by Gasteiger charge is 2.07. The number of hydrogen-bond donors (Lipinski definition) is 1. The topological polar surface area (TPSA) is 25.2 Å². The van der Waals surface area contributed by atoms with Gasteiger partial charge >= 0.3 is 0 Å². The zero-order chi connectivity index (χ0) is 8.72. The molecule has 0 saturated carbocycles. The van der Waals surface area contributed by atoms with E-state index in [0.29, 0.717) is 0 Å². The Morgan fingerprint density at radius 3 is 2.83 bits per heavy atom. The molecule has 0 aliphatic carbocycles. The molecular formula is C10H10NO. The predicted octanol–water partition coefficient (Wildman–Crippen LogP) is 2.30. The first-order chi connectivity index (χ1) is 5.72. The van der Waals surface area contributed by atoms with Crippen LogP contribution in [0.4, 0.5) is 0 Å². The number of benzene rings is 1. The molecule has 0 saturated heterocycles. The highest BCUT2D eigenvalue weighted by molar-refractivity contribution is 5.84. The molecule has 0 unspecified atom stereocenters. The Morgan fingerprint density at radius 2 is 2.17 bits per heavy atom.